The lowest BCUT2D eigenvalue weighted by Crippen LogP contribution is -2.48. The smallest absolute Gasteiger partial charge is 0.00982 e. The van der Waals surface area contributed by atoms with Crippen molar-refractivity contribution < 1.29 is 5.48 Å². The first-order chi connectivity index (χ1) is 13.2. The van der Waals surface area contributed by atoms with E-state index in [9.17, 15) is 0 Å². The van der Waals surface area contributed by atoms with Crippen molar-refractivity contribution in [2.75, 3.05) is 0 Å². The first kappa shape index (κ1) is 27.9. The van der Waals surface area contributed by atoms with Gasteiger partial charge in [0, 0.05) is 6.04 Å². The summed E-state index contributed by atoms with van der Waals surface area (Å²) in [5.74, 6) is 0.902. The minimum atomic E-state index is 0. The maximum absolute atomic E-state index is 6.91. The van der Waals surface area contributed by atoms with E-state index in [0.717, 1.165) is 5.92 Å². The quantitative estimate of drug-likeness (QED) is 0.248. The number of unbranched alkanes of at least 4 members (excludes halogenated alkanes) is 10. The number of hydrogen-bond donors (Lipinski definition) is 1. The van der Waals surface area contributed by atoms with E-state index in [4.69, 9.17) is 5.73 Å². The Morgan fingerprint density at radius 1 is 0.750 bits per heavy atom. The highest BCUT2D eigenvalue weighted by Crippen LogP contribution is 2.49. The summed E-state index contributed by atoms with van der Waals surface area (Å²) in [4.78, 5) is 0. The molecular weight excluding hydrogens is 342 g/mol. The van der Waals surface area contributed by atoms with E-state index in [1.807, 2.05) is 0 Å². The molecule has 0 aliphatic heterocycles. The van der Waals surface area contributed by atoms with Crippen molar-refractivity contribution in [1.82, 2.24) is 0 Å². The van der Waals surface area contributed by atoms with Crippen molar-refractivity contribution in [2.45, 2.75) is 155 Å². The van der Waals surface area contributed by atoms with Crippen LogP contribution in [0.5, 0.6) is 0 Å². The van der Waals surface area contributed by atoms with Gasteiger partial charge in [-0.3, -0.25) is 0 Å². The lowest BCUT2D eigenvalue weighted by atomic mass is 9.58. The molecule has 1 saturated carbocycles. The standard InChI is InChI=1S/C26H53N.H2O/c1-4-7-8-9-10-11-12-13-14-15-16-21-25(27)26(22-6-3)23-18-17-20-24(26)19-5-2;/h24-25H,4-23,27H2,1-3H3;1H2. The third-order valence-electron chi connectivity index (χ3n) is 7.47. The summed E-state index contributed by atoms with van der Waals surface area (Å²) in [6.07, 6.45) is 28.1. The number of rotatable bonds is 17. The summed E-state index contributed by atoms with van der Waals surface area (Å²) in [5.41, 5.74) is 7.38. The summed E-state index contributed by atoms with van der Waals surface area (Å²) >= 11 is 0. The fourth-order valence-electron chi connectivity index (χ4n) is 5.90. The fraction of sp³-hybridized carbons (Fsp3) is 1.00. The van der Waals surface area contributed by atoms with E-state index in [1.54, 1.807) is 0 Å². The molecule has 28 heavy (non-hydrogen) atoms. The van der Waals surface area contributed by atoms with Crippen LogP contribution in [0.2, 0.25) is 0 Å². The molecule has 1 rings (SSSR count). The van der Waals surface area contributed by atoms with E-state index in [0.29, 0.717) is 11.5 Å². The zero-order valence-corrected chi connectivity index (χ0v) is 19.9. The molecule has 0 spiro atoms. The van der Waals surface area contributed by atoms with Crippen molar-refractivity contribution in [3.8, 4) is 0 Å². The van der Waals surface area contributed by atoms with Crippen LogP contribution in [0.25, 0.3) is 0 Å². The first-order valence-corrected chi connectivity index (χ1v) is 13.0. The van der Waals surface area contributed by atoms with Crippen LogP contribution >= 0.6 is 0 Å². The van der Waals surface area contributed by atoms with Gasteiger partial charge in [0.15, 0.2) is 0 Å². The summed E-state index contributed by atoms with van der Waals surface area (Å²) in [7, 11) is 0. The van der Waals surface area contributed by atoms with Gasteiger partial charge in [-0.15, -0.1) is 0 Å². The Bertz CT molecular complexity index is 326. The SMILES string of the molecule is CCCCCCCCCCCCCC(N)C1(CCC)CCCCC1CCC.O. The molecule has 0 heterocycles. The van der Waals surface area contributed by atoms with Crippen LogP contribution < -0.4 is 5.73 Å². The maximum atomic E-state index is 6.91. The molecule has 0 amide bonds. The van der Waals surface area contributed by atoms with Gasteiger partial charge < -0.3 is 11.2 Å². The molecule has 2 heteroatoms. The monoisotopic (exact) mass is 397 g/mol. The van der Waals surface area contributed by atoms with Crippen LogP contribution in [0.3, 0.4) is 0 Å². The summed E-state index contributed by atoms with van der Waals surface area (Å²) in [5, 5.41) is 0. The van der Waals surface area contributed by atoms with Gasteiger partial charge in [-0.1, -0.05) is 124 Å². The molecule has 0 aromatic carbocycles. The number of nitrogens with two attached hydrogens (primary N) is 1. The third-order valence-corrected chi connectivity index (χ3v) is 7.47. The second kappa shape index (κ2) is 17.8. The molecule has 170 valence electrons. The van der Waals surface area contributed by atoms with Gasteiger partial charge in [0.25, 0.3) is 0 Å². The first-order valence-electron chi connectivity index (χ1n) is 13.0. The second-order valence-corrected chi connectivity index (χ2v) is 9.65. The molecule has 2 nitrogen and oxygen atoms in total. The summed E-state index contributed by atoms with van der Waals surface area (Å²) in [6, 6.07) is 0.452. The molecule has 1 aliphatic carbocycles. The Balaban J connectivity index is 0.00000729. The summed E-state index contributed by atoms with van der Waals surface area (Å²) < 4.78 is 0. The highest BCUT2D eigenvalue weighted by molar-refractivity contribution is 4.96. The largest absolute Gasteiger partial charge is 0.412 e. The predicted molar refractivity (Wildman–Crippen MR) is 127 cm³/mol. The molecule has 0 radical (unpaired) electrons. The van der Waals surface area contributed by atoms with Gasteiger partial charge in [0.2, 0.25) is 0 Å². The van der Waals surface area contributed by atoms with Crippen molar-refractivity contribution in [3.05, 3.63) is 0 Å². The van der Waals surface area contributed by atoms with Crippen molar-refractivity contribution in [3.63, 3.8) is 0 Å². The Kier molecular flexibility index (Phi) is 17.7. The van der Waals surface area contributed by atoms with Crippen LogP contribution in [0.15, 0.2) is 0 Å². The molecule has 0 aromatic heterocycles. The van der Waals surface area contributed by atoms with Crippen LogP contribution in [0.1, 0.15) is 149 Å². The molecular formula is C26H55NO. The lowest BCUT2D eigenvalue weighted by Gasteiger charge is -2.49. The minimum absolute atomic E-state index is 0. The molecule has 4 N–H and O–H groups in total. The summed E-state index contributed by atoms with van der Waals surface area (Å²) in [6.45, 7) is 7.03. The van der Waals surface area contributed by atoms with Gasteiger partial charge in [0.05, 0.1) is 0 Å². The van der Waals surface area contributed by atoms with Gasteiger partial charge in [-0.25, -0.2) is 0 Å². The Hall–Kier alpha value is -0.0800. The molecule has 1 aliphatic rings. The average molecular weight is 398 g/mol. The van der Waals surface area contributed by atoms with Gasteiger partial charge in [-0.05, 0) is 37.0 Å². The zero-order chi connectivity index (χ0) is 19.8. The van der Waals surface area contributed by atoms with E-state index >= 15 is 0 Å². The minimum Gasteiger partial charge on any atom is -0.412 e. The van der Waals surface area contributed by atoms with Crippen LogP contribution in [-0.2, 0) is 0 Å². The van der Waals surface area contributed by atoms with Gasteiger partial charge >= 0.3 is 0 Å². The van der Waals surface area contributed by atoms with Gasteiger partial charge in [-0.2, -0.15) is 0 Å². The van der Waals surface area contributed by atoms with Crippen LogP contribution in [0.4, 0.5) is 0 Å². The molecule has 3 atom stereocenters. The van der Waals surface area contributed by atoms with Crippen molar-refractivity contribution >= 4 is 0 Å². The molecule has 3 unspecified atom stereocenters. The predicted octanol–water partition coefficient (Wildman–Crippen LogP) is 7.97. The molecule has 0 aromatic rings. The zero-order valence-electron chi connectivity index (χ0n) is 19.9. The molecule has 1 fully saturated rings. The fourth-order valence-corrected chi connectivity index (χ4v) is 5.90. The van der Waals surface area contributed by atoms with Gasteiger partial charge in [0.1, 0.15) is 0 Å². The Labute approximate surface area is 178 Å². The third kappa shape index (κ3) is 10.1. The Morgan fingerprint density at radius 2 is 1.32 bits per heavy atom. The molecule has 0 saturated heterocycles. The van der Waals surface area contributed by atoms with E-state index < -0.39 is 0 Å². The Morgan fingerprint density at radius 3 is 1.86 bits per heavy atom. The topological polar surface area (TPSA) is 57.5 Å². The van der Waals surface area contributed by atoms with Crippen LogP contribution in [-0.4, -0.2) is 11.5 Å². The van der Waals surface area contributed by atoms with Crippen molar-refractivity contribution in [2.24, 2.45) is 17.1 Å². The highest BCUT2D eigenvalue weighted by Gasteiger charge is 2.43. The normalized spacial score (nSPS) is 23.4. The molecule has 0 bridgehead atoms. The highest BCUT2D eigenvalue weighted by atomic mass is 16.0. The maximum Gasteiger partial charge on any atom is 0.00982 e. The van der Waals surface area contributed by atoms with Crippen molar-refractivity contribution in [1.29, 1.82) is 0 Å². The second-order valence-electron chi connectivity index (χ2n) is 9.65. The number of hydrogen-bond acceptors (Lipinski definition) is 1. The van der Waals surface area contributed by atoms with E-state index in [2.05, 4.69) is 20.8 Å². The average Bonchev–Trinajstić information content (AvgIpc) is 2.68. The lowest BCUT2D eigenvalue weighted by molar-refractivity contribution is 0.0399. The van der Waals surface area contributed by atoms with E-state index in [1.165, 1.54) is 128 Å². The van der Waals surface area contributed by atoms with E-state index in [-0.39, 0.29) is 5.48 Å². The van der Waals surface area contributed by atoms with Crippen LogP contribution in [0, 0.1) is 11.3 Å².